The first-order valence-corrected chi connectivity index (χ1v) is 3.51. The molecule has 50 valence electrons. The second-order valence-electron chi connectivity index (χ2n) is 2.93. The van der Waals surface area contributed by atoms with E-state index in [0.29, 0.717) is 6.10 Å². The maximum atomic E-state index is 10.4. The van der Waals surface area contributed by atoms with E-state index in [9.17, 15) is 4.79 Å². The van der Waals surface area contributed by atoms with E-state index in [4.69, 9.17) is 4.74 Å². The number of fused-ring (bicyclic) bond motifs is 1. The Morgan fingerprint density at radius 3 is 3.00 bits per heavy atom. The number of rotatable bonds is 1. The van der Waals surface area contributed by atoms with Gasteiger partial charge in [-0.25, -0.2) is 0 Å². The highest BCUT2D eigenvalue weighted by molar-refractivity contribution is 5.68. The molecule has 2 rings (SSSR count). The minimum Gasteiger partial charge on any atom is -0.358 e. The van der Waals surface area contributed by atoms with Gasteiger partial charge in [-0.15, -0.1) is 0 Å². The molecule has 0 amide bonds. The fraction of sp³-hybridized carbons (Fsp3) is 0.857. The third kappa shape index (κ3) is 0.628. The fourth-order valence-electron chi connectivity index (χ4n) is 1.65. The number of epoxide rings is 1. The van der Waals surface area contributed by atoms with E-state index < -0.39 is 0 Å². The van der Waals surface area contributed by atoms with Gasteiger partial charge in [0.1, 0.15) is 5.60 Å². The predicted octanol–water partition coefficient (Wildman–Crippen LogP) is 0.897. The Morgan fingerprint density at radius 2 is 2.44 bits per heavy atom. The van der Waals surface area contributed by atoms with Crippen LogP contribution in [0, 0.1) is 0 Å². The molecule has 2 fully saturated rings. The van der Waals surface area contributed by atoms with Gasteiger partial charge in [0, 0.05) is 0 Å². The number of hydrogen-bond donors (Lipinski definition) is 0. The van der Waals surface area contributed by atoms with Crippen molar-refractivity contribution in [3.63, 3.8) is 0 Å². The highest BCUT2D eigenvalue weighted by atomic mass is 16.6. The average Bonchev–Trinajstić information content (AvgIpc) is 2.62. The highest BCUT2D eigenvalue weighted by Gasteiger charge is 2.57. The summed E-state index contributed by atoms with van der Waals surface area (Å²) >= 11 is 0. The van der Waals surface area contributed by atoms with Gasteiger partial charge in [-0.3, -0.25) is 0 Å². The molecular weight excluding hydrogens is 116 g/mol. The maximum absolute atomic E-state index is 10.4. The van der Waals surface area contributed by atoms with Crippen LogP contribution in [0.3, 0.4) is 0 Å². The van der Waals surface area contributed by atoms with Crippen molar-refractivity contribution in [2.45, 2.75) is 37.4 Å². The van der Waals surface area contributed by atoms with Crippen LogP contribution in [-0.4, -0.2) is 18.0 Å². The third-order valence-electron chi connectivity index (χ3n) is 2.33. The molecule has 0 aromatic heterocycles. The molecule has 2 nitrogen and oxygen atoms in total. The first-order chi connectivity index (χ1) is 4.37. The van der Waals surface area contributed by atoms with E-state index in [1.807, 2.05) is 0 Å². The van der Waals surface area contributed by atoms with Crippen molar-refractivity contribution in [1.82, 2.24) is 0 Å². The molecular formula is C7H10O2. The van der Waals surface area contributed by atoms with Crippen molar-refractivity contribution in [2.75, 3.05) is 0 Å². The molecule has 9 heavy (non-hydrogen) atoms. The SMILES string of the molecule is O=C[C@@]12CCCC[C@@H]1O2. The monoisotopic (exact) mass is 126 g/mol. The van der Waals surface area contributed by atoms with E-state index >= 15 is 0 Å². The Bertz CT molecular complexity index is 144. The minimum absolute atomic E-state index is 0.293. The standard InChI is InChI=1S/C7H10O2/c8-5-7-4-2-1-3-6(7)9-7/h5-6H,1-4H2/t6-,7-/m0/s1. The van der Waals surface area contributed by atoms with Crippen LogP contribution >= 0.6 is 0 Å². The van der Waals surface area contributed by atoms with Crippen molar-refractivity contribution in [1.29, 1.82) is 0 Å². The molecule has 0 aromatic rings. The van der Waals surface area contributed by atoms with Crippen molar-refractivity contribution in [2.24, 2.45) is 0 Å². The van der Waals surface area contributed by atoms with Gasteiger partial charge in [0.25, 0.3) is 0 Å². The molecule has 0 spiro atoms. The molecule has 1 saturated heterocycles. The zero-order valence-corrected chi connectivity index (χ0v) is 5.30. The van der Waals surface area contributed by atoms with Crippen LogP contribution in [0.25, 0.3) is 0 Å². The number of carbonyl (C=O) groups excluding carboxylic acids is 1. The lowest BCUT2D eigenvalue weighted by molar-refractivity contribution is -0.112. The minimum atomic E-state index is -0.293. The molecule has 0 aromatic carbocycles. The van der Waals surface area contributed by atoms with Gasteiger partial charge < -0.3 is 9.53 Å². The summed E-state index contributed by atoms with van der Waals surface area (Å²) in [4.78, 5) is 10.4. The van der Waals surface area contributed by atoms with Gasteiger partial charge in [0.15, 0.2) is 6.29 Å². The quantitative estimate of drug-likeness (QED) is 0.386. The molecule has 2 atom stereocenters. The smallest absolute Gasteiger partial charge is 0.154 e. The first-order valence-electron chi connectivity index (χ1n) is 3.51. The van der Waals surface area contributed by atoms with Gasteiger partial charge in [-0.05, 0) is 19.3 Å². The molecule has 0 radical (unpaired) electrons. The summed E-state index contributed by atoms with van der Waals surface area (Å²) in [6.45, 7) is 0. The van der Waals surface area contributed by atoms with Crippen molar-refractivity contribution in [3.05, 3.63) is 0 Å². The lowest BCUT2D eigenvalue weighted by Gasteiger charge is -2.08. The Labute approximate surface area is 54.2 Å². The normalized spacial score (nSPS) is 47.8. The van der Waals surface area contributed by atoms with Crippen molar-refractivity contribution < 1.29 is 9.53 Å². The molecule has 2 aliphatic rings. The van der Waals surface area contributed by atoms with Gasteiger partial charge in [-0.1, -0.05) is 6.42 Å². The largest absolute Gasteiger partial charge is 0.358 e. The van der Waals surface area contributed by atoms with E-state index in [2.05, 4.69) is 0 Å². The molecule has 1 aliphatic carbocycles. The zero-order chi connectivity index (χ0) is 6.32. The average molecular weight is 126 g/mol. The van der Waals surface area contributed by atoms with Gasteiger partial charge in [-0.2, -0.15) is 0 Å². The number of aldehydes is 1. The number of ether oxygens (including phenoxy) is 1. The van der Waals surface area contributed by atoms with Crippen LogP contribution in [0.1, 0.15) is 25.7 Å². The highest BCUT2D eigenvalue weighted by Crippen LogP contribution is 2.45. The predicted molar refractivity (Wildman–Crippen MR) is 32.1 cm³/mol. The third-order valence-corrected chi connectivity index (χ3v) is 2.33. The molecule has 0 bridgehead atoms. The summed E-state index contributed by atoms with van der Waals surface area (Å²) in [6, 6.07) is 0. The van der Waals surface area contributed by atoms with Crippen LogP contribution in [0.15, 0.2) is 0 Å². The summed E-state index contributed by atoms with van der Waals surface area (Å²) in [6.07, 6.45) is 5.73. The van der Waals surface area contributed by atoms with Crippen LogP contribution in [0.2, 0.25) is 0 Å². The fourth-order valence-corrected chi connectivity index (χ4v) is 1.65. The second kappa shape index (κ2) is 1.57. The van der Waals surface area contributed by atoms with E-state index in [-0.39, 0.29) is 5.60 Å². The van der Waals surface area contributed by atoms with Gasteiger partial charge >= 0.3 is 0 Å². The van der Waals surface area contributed by atoms with E-state index in [1.165, 1.54) is 6.42 Å². The Balaban J connectivity index is 2.09. The van der Waals surface area contributed by atoms with Crippen LogP contribution in [0.5, 0.6) is 0 Å². The second-order valence-corrected chi connectivity index (χ2v) is 2.93. The first kappa shape index (κ1) is 5.42. The zero-order valence-electron chi connectivity index (χ0n) is 5.30. The summed E-state index contributed by atoms with van der Waals surface area (Å²) < 4.78 is 5.25. The number of carbonyl (C=O) groups is 1. The van der Waals surface area contributed by atoms with E-state index in [0.717, 1.165) is 25.5 Å². The molecule has 0 N–H and O–H groups in total. The topological polar surface area (TPSA) is 29.6 Å². The van der Waals surface area contributed by atoms with E-state index in [1.54, 1.807) is 0 Å². The maximum Gasteiger partial charge on any atom is 0.154 e. The van der Waals surface area contributed by atoms with Crippen LogP contribution < -0.4 is 0 Å². The van der Waals surface area contributed by atoms with Gasteiger partial charge in [0.2, 0.25) is 0 Å². The lowest BCUT2D eigenvalue weighted by atomic mass is 9.90. The molecule has 1 aliphatic heterocycles. The summed E-state index contributed by atoms with van der Waals surface area (Å²) in [5.74, 6) is 0. The Hall–Kier alpha value is -0.370. The molecule has 1 saturated carbocycles. The Kier molecular flexibility index (Phi) is 0.943. The van der Waals surface area contributed by atoms with Crippen molar-refractivity contribution in [3.8, 4) is 0 Å². The Morgan fingerprint density at radius 1 is 1.56 bits per heavy atom. The van der Waals surface area contributed by atoms with Crippen LogP contribution in [-0.2, 0) is 9.53 Å². The van der Waals surface area contributed by atoms with Crippen molar-refractivity contribution >= 4 is 6.29 Å². The molecule has 2 heteroatoms. The molecule has 0 unspecified atom stereocenters. The summed E-state index contributed by atoms with van der Waals surface area (Å²) in [5, 5.41) is 0. The van der Waals surface area contributed by atoms with Crippen LogP contribution in [0.4, 0.5) is 0 Å². The van der Waals surface area contributed by atoms with Gasteiger partial charge in [0.05, 0.1) is 6.10 Å². The lowest BCUT2D eigenvalue weighted by Crippen LogP contribution is -2.20. The summed E-state index contributed by atoms with van der Waals surface area (Å²) in [5.41, 5.74) is -0.293. The summed E-state index contributed by atoms with van der Waals surface area (Å²) in [7, 11) is 0. The molecule has 1 heterocycles. The number of hydrogen-bond acceptors (Lipinski definition) is 2.